The fourth-order valence-electron chi connectivity index (χ4n) is 1.88. The molecule has 0 N–H and O–H groups in total. The smallest absolute Gasteiger partial charge is 0.373 e. The number of fused-ring (bicyclic) bond motifs is 1. The van der Waals surface area contributed by atoms with Crippen molar-refractivity contribution in [1.29, 1.82) is 0 Å². The first-order chi connectivity index (χ1) is 9.90. The van der Waals surface area contributed by atoms with E-state index in [0.29, 0.717) is 17.6 Å². The fraction of sp³-hybridized carbons (Fsp3) is 0.467. The molecular formula is C15H21NO4Si. The zero-order chi connectivity index (χ0) is 15.5. The van der Waals surface area contributed by atoms with E-state index in [1.165, 1.54) is 7.11 Å². The Bertz CT molecular complexity index is 630. The number of ether oxygens (including phenoxy) is 1. The Morgan fingerprint density at radius 2 is 2.19 bits per heavy atom. The van der Waals surface area contributed by atoms with Gasteiger partial charge in [-0.15, -0.1) is 0 Å². The minimum absolute atomic E-state index is 0.189. The molecule has 0 aliphatic carbocycles. The van der Waals surface area contributed by atoms with Gasteiger partial charge in [-0.1, -0.05) is 20.8 Å². The van der Waals surface area contributed by atoms with Crippen molar-refractivity contribution in [2.24, 2.45) is 5.41 Å². The number of hydrogen-bond donors (Lipinski definition) is 0. The van der Waals surface area contributed by atoms with Gasteiger partial charge in [-0.05, 0) is 17.5 Å². The molecule has 0 spiro atoms. The number of pyridine rings is 1. The standard InChI is InChI=1S/C15H21NO4Si/c1-15(2,3)9-21-19-8-11-10-7-13(14(17)18-4)20-12(10)5-6-16-11/h5-7H,8-9,21H2,1-4H3. The van der Waals surface area contributed by atoms with Crippen LogP contribution < -0.4 is 0 Å². The highest BCUT2D eigenvalue weighted by Crippen LogP contribution is 2.23. The number of nitrogens with zero attached hydrogens (tertiary/aromatic N) is 1. The van der Waals surface area contributed by atoms with Crippen LogP contribution in [-0.4, -0.2) is 27.8 Å². The van der Waals surface area contributed by atoms with Crippen molar-refractivity contribution in [3.05, 3.63) is 29.8 Å². The summed E-state index contributed by atoms with van der Waals surface area (Å²) >= 11 is 0. The van der Waals surface area contributed by atoms with Crippen molar-refractivity contribution in [1.82, 2.24) is 4.98 Å². The lowest BCUT2D eigenvalue weighted by Gasteiger charge is -2.17. The first kappa shape index (κ1) is 15.7. The van der Waals surface area contributed by atoms with E-state index >= 15 is 0 Å². The van der Waals surface area contributed by atoms with E-state index in [2.05, 4.69) is 30.5 Å². The van der Waals surface area contributed by atoms with Crippen molar-refractivity contribution in [3.63, 3.8) is 0 Å². The molecule has 6 heteroatoms. The van der Waals surface area contributed by atoms with Crippen molar-refractivity contribution in [3.8, 4) is 0 Å². The molecule has 21 heavy (non-hydrogen) atoms. The van der Waals surface area contributed by atoms with Crippen LogP contribution in [0.2, 0.25) is 6.04 Å². The van der Waals surface area contributed by atoms with Crippen LogP contribution in [0, 0.1) is 5.41 Å². The number of rotatable bonds is 5. The largest absolute Gasteiger partial charge is 0.463 e. The number of furan rings is 1. The Kier molecular flexibility index (Phi) is 4.79. The normalized spacial score (nSPS) is 12.4. The lowest BCUT2D eigenvalue weighted by atomic mass is 10.0. The van der Waals surface area contributed by atoms with Gasteiger partial charge in [-0.3, -0.25) is 4.98 Å². The van der Waals surface area contributed by atoms with Crippen molar-refractivity contribution >= 4 is 26.7 Å². The summed E-state index contributed by atoms with van der Waals surface area (Å²) in [6, 6.07) is 4.51. The van der Waals surface area contributed by atoms with Crippen LogP contribution in [0.4, 0.5) is 0 Å². The molecule has 114 valence electrons. The molecule has 0 aromatic carbocycles. The maximum Gasteiger partial charge on any atom is 0.373 e. The highest BCUT2D eigenvalue weighted by atomic mass is 28.2. The molecule has 2 heterocycles. The van der Waals surface area contributed by atoms with Crippen LogP contribution in [0.25, 0.3) is 11.0 Å². The van der Waals surface area contributed by atoms with Gasteiger partial charge < -0.3 is 13.6 Å². The summed E-state index contributed by atoms with van der Waals surface area (Å²) in [5.41, 5.74) is 1.73. The van der Waals surface area contributed by atoms with E-state index in [1.807, 2.05) is 0 Å². The first-order valence-electron chi connectivity index (χ1n) is 6.94. The number of carbonyl (C=O) groups excluding carboxylic acids is 1. The van der Waals surface area contributed by atoms with Crippen LogP contribution in [0.1, 0.15) is 37.0 Å². The van der Waals surface area contributed by atoms with Gasteiger partial charge in [-0.25, -0.2) is 4.79 Å². The molecule has 5 nitrogen and oxygen atoms in total. The Morgan fingerprint density at radius 1 is 1.43 bits per heavy atom. The van der Waals surface area contributed by atoms with Crippen LogP contribution in [0.3, 0.4) is 0 Å². The maximum atomic E-state index is 11.5. The van der Waals surface area contributed by atoms with Gasteiger partial charge in [0.15, 0.2) is 9.76 Å². The summed E-state index contributed by atoms with van der Waals surface area (Å²) in [6.45, 7) is 7.09. The molecule has 2 aromatic rings. The number of aromatic nitrogens is 1. The average Bonchev–Trinajstić information content (AvgIpc) is 2.86. The Morgan fingerprint density at radius 3 is 2.86 bits per heavy atom. The van der Waals surface area contributed by atoms with E-state index in [4.69, 9.17) is 8.84 Å². The summed E-state index contributed by atoms with van der Waals surface area (Å²) in [7, 11) is 0.751. The molecule has 0 saturated heterocycles. The average molecular weight is 307 g/mol. The number of carbonyl (C=O) groups is 1. The van der Waals surface area contributed by atoms with Crippen LogP contribution in [0.15, 0.2) is 22.7 Å². The Balaban J connectivity index is 2.09. The van der Waals surface area contributed by atoms with Gasteiger partial charge in [0.2, 0.25) is 5.76 Å². The lowest BCUT2D eigenvalue weighted by Crippen LogP contribution is -2.11. The minimum atomic E-state index is -0.578. The summed E-state index contributed by atoms with van der Waals surface area (Å²) < 4.78 is 15.9. The summed E-state index contributed by atoms with van der Waals surface area (Å²) in [5, 5.41) is 0.808. The highest BCUT2D eigenvalue weighted by Gasteiger charge is 2.15. The molecule has 0 unspecified atom stereocenters. The quantitative estimate of drug-likeness (QED) is 0.483. The monoisotopic (exact) mass is 307 g/mol. The Labute approximate surface area is 126 Å². The summed E-state index contributed by atoms with van der Waals surface area (Å²) in [6.07, 6.45) is 1.66. The molecular weight excluding hydrogens is 286 g/mol. The molecule has 0 aliphatic heterocycles. The topological polar surface area (TPSA) is 61.6 Å². The third-order valence-corrected chi connectivity index (χ3v) is 5.35. The van der Waals surface area contributed by atoms with Crippen LogP contribution >= 0.6 is 0 Å². The maximum absolute atomic E-state index is 11.5. The molecule has 0 atom stereocenters. The third-order valence-electron chi connectivity index (χ3n) is 3.15. The van der Waals surface area contributed by atoms with E-state index in [-0.39, 0.29) is 5.76 Å². The molecule has 0 aliphatic rings. The number of hydrogen-bond acceptors (Lipinski definition) is 5. The summed E-state index contributed by atoms with van der Waals surface area (Å²) in [5.74, 6) is -0.297. The second-order valence-corrected chi connectivity index (χ2v) is 7.45. The lowest BCUT2D eigenvalue weighted by molar-refractivity contribution is 0.0567. The van der Waals surface area contributed by atoms with Crippen molar-refractivity contribution < 1.29 is 18.4 Å². The van der Waals surface area contributed by atoms with Crippen molar-refractivity contribution in [2.75, 3.05) is 7.11 Å². The van der Waals surface area contributed by atoms with Gasteiger partial charge in [0.1, 0.15) is 5.58 Å². The minimum Gasteiger partial charge on any atom is -0.463 e. The highest BCUT2D eigenvalue weighted by molar-refractivity contribution is 6.27. The number of methoxy groups -OCH3 is 1. The van der Waals surface area contributed by atoms with Gasteiger partial charge in [0.05, 0.1) is 19.4 Å². The van der Waals surface area contributed by atoms with E-state index in [9.17, 15) is 4.79 Å². The van der Waals surface area contributed by atoms with Crippen LogP contribution in [0.5, 0.6) is 0 Å². The van der Waals surface area contributed by atoms with Crippen molar-refractivity contribution in [2.45, 2.75) is 33.4 Å². The van der Waals surface area contributed by atoms with Crippen LogP contribution in [-0.2, 0) is 15.8 Å². The predicted octanol–water partition coefficient (Wildman–Crippen LogP) is 2.68. The van der Waals surface area contributed by atoms with Gasteiger partial charge in [0.25, 0.3) is 0 Å². The van der Waals surface area contributed by atoms with E-state index in [1.54, 1.807) is 18.3 Å². The van der Waals surface area contributed by atoms with Gasteiger partial charge >= 0.3 is 5.97 Å². The first-order valence-corrected chi connectivity index (χ1v) is 8.52. The molecule has 0 amide bonds. The predicted molar refractivity (Wildman–Crippen MR) is 82.9 cm³/mol. The molecule has 0 bridgehead atoms. The third kappa shape index (κ3) is 4.15. The second kappa shape index (κ2) is 6.40. The van der Waals surface area contributed by atoms with E-state index in [0.717, 1.165) is 17.1 Å². The Hall–Kier alpha value is -1.66. The van der Waals surface area contributed by atoms with E-state index < -0.39 is 15.7 Å². The molecule has 2 rings (SSSR count). The molecule has 0 saturated carbocycles. The van der Waals surface area contributed by atoms with Gasteiger partial charge in [-0.2, -0.15) is 0 Å². The second-order valence-electron chi connectivity index (χ2n) is 6.13. The molecule has 0 radical (unpaired) electrons. The van der Waals surface area contributed by atoms with Gasteiger partial charge in [0, 0.05) is 17.6 Å². The zero-order valence-electron chi connectivity index (χ0n) is 12.9. The fourth-order valence-corrected chi connectivity index (χ4v) is 2.98. The SMILES string of the molecule is COC(=O)c1cc2c(CO[SiH2]CC(C)(C)C)nccc2o1. The zero-order valence-corrected chi connectivity index (χ0v) is 14.3. The molecule has 2 aromatic heterocycles. The number of esters is 1. The summed E-state index contributed by atoms with van der Waals surface area (Å²) in [4.78, 5) is 15.8. The molecule has 0 fully saturated rings.